The Hall–Kier alpha value is -0.900. The Labute approximate surface area is 178 Å². The Morgan fingerprint density at radius 1 is 1.14 bits per heavy atom. The van der Waals surface area contributed by atoms with Gasteiger partial charge >= 0.3 is 0 Å². The van der Waals surface area contributed by atoms with E-state index in [0.29, 0.717) is 30.6 Å². The van der Waals surface area contributed by atoms with Crippen molar-refractivity contribution in [3.63, 3.8) is 0 Å². The van der Waals surface area contributed by atoms with Crippen LogP contribution in [0.15, 0.2) is 36.0 Å². The first kappa shape index (κ1) is 24.4. The van der Waals surface area contributed by atoms with E-state index in [-0.39, 0.29) is 16.9 Å². The van der Waals surface area contributed by atoms with Gasteiger partial charge in [0.2, 0.25) is 0 Å². The fourth-order valence-electron chi connectivity index (χ4n) is 5.42. The Balaban J connectivity index is 2.06. The molecule has 2 aliphatic rings. The highest BCUT2D eigenvalue weighted by molar-refractivity contribution is 5.37. The van der Waals surface area contributed by atoms with Crippen LogP contribution in [0.4, 0.5) is 0 Å². The minimum absolute atomic E-state index is 0.173. The van der Waals surface area contributed by atoms with Crippen LogP contribution in [0, 0.1) is 28.6 Å². The molecule has 2 aliphatic carbocycles. The van der Waals surface area contributed by atoms with Crippen LogP contribution in [-0.2, 0) is 0 Å². The van der Waals surface area contributed by atoms with Gasteiger partial charge in [0.1, 0.15) is 0 Å². The average molecular weight is 405 g/mol. The van der Waals surface area contributed by atoms with E-state index in [1.807, 2.05) is 6.08 Å². The summed E-state index contributed by atoms with van der Waals surface area (Å²) in [6.45, 7) is 17.8. The van der Waals surface area contributed by atoms with E-state index in [4.69, 9.17) is 0 Å². The Morgan fingerprint density at radius 3 is 2.41 bits per heavy atom. The molecule has 0 aromatic rings. The van der Waals surface area contributed by atoms with Gasteiger partial charge in [0.25, 0.3) is 0 Å². The highest BCUT2D eigenvalue weighted by Gasteiger charge is 2.52. The van der Waals surface area contributed by atoms with E-state index < -0.39 is 12.2 Å². The standard InChI is InChI=1S/C26H44O3/c1-17(2)23(28)12-11-18(3)26(7)14-13-21(25(26,5)6)10-8-9-20-15-22(27)16-24(29)19(20)4/h8-10,17-18,21-24,27-29H,4,11-16H2,1-3,5-7H3/b10-8+,20-9?/t18-,21+,22+,23-,24-,26+/m0/s1. The quantitative estimate of drug-likeness (QED) is 0.531. The van der Waals surface area contributed by atoms with Gasteiger partial charge in [-0.05, 0) is 71.8 Å². The van der Waals surface area contributed by atoms with Crippen molar-refractivity contribution >= 4 is 0 Å². The van der Waals surface area contributed by atoms with Crippen molar-refractivity contribution < 1.29 is 15.3 Å². The molecule has 0 unspecified atom stereocenters. The second-order valence-electron chi connectivity index (χ2n) is 10.8. The van der Waals surface area contributed by atoms with Crippen LogP contribution < -0.4 is 0 Å². The summed E-state index contributed by atoms with van der Waals surface area (Å²) in [4.78, 5) is 0. The zero-order chi connectivity index (χ0) is 22.0. The van der Waals surface area contributed by atoms with E-state index in [1.165, 1.54) is 12.8 Å². The maximum absolute atomic E-state index is 10.2. The van der Waals surface area contributed by atoms with Gasteiger partial charge in [-0.3, -0.25) is 0 Å². The molecule has 0 amide bonds. The summed E-state index contributed by atoms with van der Waals surface area (Å²) >= 11 is 0. The van der Waals surface area contributed by atoms with Crippen molar-refractivity contribution in [2.24, 2.45) is 28.6 Å². The third-order valence-corrected chi connectivity index (χ3v) is 8.53. The molecule has 0 aromatic heterocycles. The van der Waals surface area contributed by atoms with Crippen LogP contribution in [0.25, 0.3) is 0 Å². The monoisotopic (exact) mass is 404 g/mol. The van der Waals surface area contributed by atoms with Gasteiger partial charge in [0.05, 0.1) is 18.3 Å². The van der Waals surface area contributed by atoms with Crippen molar-refractivity contribution in [3.8, 4) is 0 Å². The maximum Gasteiger partial charge on any atom is 0.0811 e. The molecule has 6 atom stereocenters. The molecule has 2 rings (SSSR count). The maximum atomic E-state index is 10.2. The minimum Gasteiger partial charge on any atom is -0.393 e. The first-order chi connectivity index (χ1) is 13.4. The normalized spacial score (nSPS) is 36.3. The van der Waals surface area contributed by atoms with E-state index in [9.17, 15) is 15.3 Å². The van der Waals surface area contributed by atoms with Gasteiger partial charge in [-0.2, -0.15) is 0 Å². The van der Waals surface area contributed by atoms with E-state index in [0.717, 1.165) is 24.0 Å². The predicted octanol–water partition coefficient (Wildman–Crippen LogP) is 5.42. The molecular weight excluding hydrogens is 360 g/mol. The van der Waals surface area contributed by atoms with Gasteiger partial charge in [-0.1, -0.05) is 66.3 Å². The molecule has 0 bridgehead atoms. The molecule has 2 saturated carbocycles. The Kier molecular flexibility index (Phi) is 7.98. The third kappa shape index (κ3) is 5.24. The number of rotatable bonds is 7. The van der Waals surface area contributed by atoms with Crippen LogP contribution in [-0.4, -0.2) is 33.6 Å². The smallest absolute Gasteiger partial charge is 0.0811 e. The predicted molar refractivity (Wildman–Crippen MR) is 121 cm³/mol. The van der Waals surface area contributed by atoms with E-state index in [2.05, 4.69) is 60.3 Å². The fraction of sp³-hybridized carbons (Fsp3) is 0.769. The number of hydrogen-bond acceptors (Lipinski definition) is 3. The van der Waals surface area contributed by atoms with Gasteiger partial charge < -0.3 is 15.3 Å². The molecule has 3 N–H and O–H groups in total. The summed E-state index contributed by atoms with van der Waals surface area (Å²) < 4.78 is 0. The summed E-state index contributed by atoms with van der Waals surface area (Å²) in [5.74, 6) is 1.38. The molecular formula is C26H44O3. The molecule has 3 nitrogen and oxygen atoms in total. The highest BCUT2D eigenvalue weighted by atomic mass is 16.3. The molecule has 166 valence electrons. The van der Waals surface area contributed by atoms with E-state index >= 15 is 0 Å². The summed E-state index contributed by atoms with van der Waals surface area (Å²) in [6.07, 6.45) is 10.4. The summed E-state index contributed by atoms with van der Waals surface area (Å²) in [5.41, 5.74) is 2.12. The largest absolute Gasteiger partial charge is 0.393 e. The van der Waals surface area contributed by atoms with Crippen LogP contribution in [0.3, 0.4) is 0 Å². The molecule has 0 aromatic carbocycles. The second-order valence-corrected chi connectivity index (χ2v) is 10.8. The topological polar surface area (TPSA) is 60.7 Å². The van der Waals surface area contributed by atoms with Crippen LogP contribution in [0.1, 0.15) is 80.1 Å². The van der Waals surface area contributed by atoms with Crippen LogP contribution >= 0.6 is 0 Å². The van der Waals surface area contributed by atoms with Gasteiger partial charge in [0.15, 0.2) is 0 Å². The third-order valence-electron chi connectivity index (χ3n) is 8.53. The first-order valence-electron chi connectivity index (χ1n) is 11.5. The van der Waals surface area contributed by atoms with E-state index in [1.54, 1.807) is 0 Å². The summed E-state index contributed by atoms with van der Waals surface area (Å²) in [7, 11) is 0. The summed E-state index contributed by atoms with van der Waals surface area (Å²) in [6, 6.07) is 0. The lowest BCUT2D eigenvalue weighted by molar-refractivity contribution is 0.0277. The number of hydrogen-bond donors (Lipinski definition) is 3. The van der Waals surface area contributed by atoms with Gasteiger partial charge in [-0.25, -0.2) is 0 Å². The fourth-order valence-corrected chi connectivity index (χ4v) is 5.42. The lowest BCUT2D eigenvalue weighted by atomic mass is 9.59. The van der Waals surface area contributed by atoms with Crippen molar-refractivity contribution in [1.82, 2.24) is 0 Å². The minimum atomic E-state index is -0.633. The molecule has 0 heterocycles. The molecule has 0 spiro atoms. The molecule has 0 aliphatic heterocycles. The molecule has 0 radical (unpaired) electrons. The molecule has 2 fully saturated rings. The molecule has 0 saturated heterocycles. The lowest BCUT2D eigenvalue weighted by Crippen LogP contribution is -2.39. The number of aliphatic hydroxyl groups is 3. The van der Waals surface area contributed by atoms with Gasteiger partial charge in [-0.15, -0.1) is 0 Å². The van der Waals surface area contributed by atoms with Crippen LogP contribution in [0.2, 0.25) is 0 Å². The number of allylic oxidation sites excluding steroid dienone is 3. The average Bonchev–Trinajstić information content (AvgIpc) is 2.87. The highest BCUT2D eigenvalue weighted by Crippen LogP contribution is 2.60. The first-order valence-corrected chi connectivity index (χ1v) is 11.5. The lowest BCUT2D eigenvalue weighted by Gasteiger charge is -2.46. The molecule has 3 heteroatoms. The van der Waals surface area contributed by atoms with Gasteiger partial charge in [0, 0.05) is 6.42 Å². The van der Waals surface area contributed by atoms with Crippen LogP contribution in [0.5, 0.6) is 0 Å². The SMILES string of the molecule is C=C1C(=C/C=C/[C@@H]2CC[C@](C)([C@@H](C)CC[C@H](O)C(C)C)C2(C)C)C[C@@H](O)C[C@@H]1O. The number of aliphatic hydroxyl groups excluding tert-OH is 3. The van der Waals surface area contributed by atoms with Crippen molar-refractivity contribution in [2.75, 3.05) is 0 Å². The second kappa shape index (κ2) is 9.49. The van der Waals surface area contributed by atoms with Crippen molar-refractivity contribution in [2.45, 2.75) is 98.4 Å². The zero-order valence-corrected chi connectivity index (χ0v) is 19.5. The molecule has 29 heavy (non-hydrogen) atoms. The zero-order valence-electron chi connectivity index (χ0n) is 19.5. The summed E-state index contributed by atoms with van der Waals surface area (Å²) in [5, 5.41) is 30.2. The van der Waals surface area contributed by atoms with Crippen molar-refractivity contribution in [3.05, 3.63) is 36.0 Å². The Bertz CT molecular complexity index is 630. The Morgan fingerprint density at radius 2 is 1.79 bits per heavy atom. The van der Waals surface area contributed by atoms with Crippen molar-refractivity contribution in [1.29, 1.82) is 0 Å².